The minimum absolute atomic E-state index is 0.271. The lowest BCUT2D eigenvalue weighted by Gasteiger charge is -2.26. The van der Waals surface area contributed by atoms with Crippen molar-refractivity contribution in [2.24, 2.45) is 5.73 Å². The summed E-state index contributed by atoms with van der Waals surface area (Å²) in [5.41, 5.74) is 7.53. The van der Waals surface area contributed by atoms with Gasteiger partial charge in [-0.05, 0) is 18.9 Å². The van der Waals surface area contributed by atoms with Crippen LogP contribution >= 0.6 is 23.5 Å². The molecule has 16 heavy (non-hydrogen) atoms. The summed E-state index contributed by atoms with van der Waals surface area (Å²) in [4.78, 5) is 0. The number of aryl methyl sites for hydroxylation is 1. The van der Waals surface area contributed by atoms with Crippen molar-refractivity contribution in [3.63, 3.8) is 0 Å². The smallest absolute Gasteiger partial charge is 0.0522 e. The fourth-order valence-electron chi connectivity index (χ4n) is 1.84. The molecule has 0 saturated carbocycles. The maximum absolute atomic E-state index is 6.26. The van der Waals surface area contributed by atoms with Crippen LogP contribution in [0.15, 0.2) is 12.4 Å². The quantitative estimate of drug-likeness (QED) is 0.890. The molecule has 2 unspecified atom stereocenters. The first kappa shape index (κ1) is 12.3. The Hall–Kier alpha value is -0.130. The van der Waals surface area contributed by atoms with Crippen LogP contribution in [0, 0.1) is 0 Å². The molecule has 90 valence electrons. The lowest BCUT2D eigenvalue weighted by atomic mass is 10.1. The van der Waals surface area contributed by atoms with E-state index in [1.165, 1.54) is 22.8 Å². The first-order chi connectivity index (χ1) is 7.79. The molecule has 0 radical (unpaired) electrons. The molecule has 1 fully saturated rings. The molecular formula is C11H19N3S2. The highest BCUT2D eigenvalue weighted by molar-refractivity contribution is 8.06. The average Bonchev–Trinajstić information content (AvgIpc) is 2.78. The molecule has 0 spiro atoms. The van der Waals surface area contributed by atoms with Crippen molar-refractivity contribution in [1.82, 2.24) is 9.78 Å². The van der Waals surface area contributed by atoms with Gasteiger partial charge in [0.1, 0.15) is 0 Å². The molecule has 1 saturated heterocycles. The van der Waals surface area contributed by atoms with Gasteiger partial charge in [-0.2, -0.15) is 28.6 Å². The van der Waals surface area contributed by atoms with Gasteiger partial charge in [0.2, 0.25) is 0 Å². The van der Waals surface area contributed by atoms with E-state index in [0.29, 0.717) is 5.25 Å². The van der Waals surface area contributed by atoms with Crippen LogP contribution in [-0.2, 0) is 13.0 Å². The molecule has 2 atom stereocenters. The molecule has 1 aromatic heterocycles. The first-order valence-corrected chi connectivity index (χ1v) is 7.96. The summed E-state index contributed by atoms with van der Waals surface area (Å²) in [6, 6.07) is 0.271. The predicted molar refractivity (Wildman–Crippen MR) is 73.2 cm³/mol. The second-order valence-corrected chi connectivity index (χ2v) is 6.55. The third-order valence-corrected chi connectivity index (χ3v) is 5.74. The van der Waals surface area contributed by atoms with Gasteiger partial charge in [0, 0.05) is 41.3 Å². The summed E-state index contributed by atoms with van der Waals surface area (Å²) in [5.74, 6) is 3.73. The third-order valence-electron chi connectivity index (χ3n) is 2.80. The summed E-state index contributed by atoms with van der Waals surface area (Å²) >= 11 is 4.06. The lowest BCUT2D eigenvalue weighted by Crippen LogP contribution is -2.38. The maximum atomic E-state index is 6.26. The number of rotatable bonds is 4. The van der Waals surface area contributed by atoms with Gasteiger partial charge < -0.3 is 5.73 Å². The minimum Gasteiger partial charge on any atom is -0.326 e. The zero-order valence-corrected chi connectivity index (χ0v) is 11.3. The molecule has 5 heteroatoms. The van der Waals surface area contributed by atoms with E-state index < -0.39 is 0 Å². The van der Waals surface area contributed by atoms with Crippen molar-refractivity contribution in [2.45, 2.75) is 31.2 Å². The minimum atomic E-state index is 0.271. The van der Waals surface area contributed by atoms with Crippen molar-refractivity contribution in [1.29, 1.82) is 0 Å². The van der Waals surface area contributed by atoms with Crippen molar-refractivity contribution < 1.29 is 0 Å². The van der Waals surface area contributed by atoms with Gasteiger partial charge in [-0.1, -0.05) is 0 Å². The van der Waals surface area contributed by atoms with E-state index >= 15 is 0 Å². The van der Waals surface area contributed by atoms with E-state index in [2.05, 4.69) is 18.2 Å². The number of aromatic nitrogens is 2. The molecule has 0 aromatic carbocycles. The third kappa shape index (κ3) is 3.18. The van der Waals surface area contributed by atoms with Gasteiger partial charge in [-0.3, -0.25) is 4.68 Å². The topological polar surface area (TPSA) is 43.8 Å². The highest BCUT2D eigenvalue weighted by Gasteiger charge is 2.21. The Labute approximate surface area is 106 Å². The molecule has 2 rings (SSSR count). The second-order valence-electron chi connectivity index (χ2n) is 4.06. The number of nitrogens with zero attached hydrogens (tertiary/aromatic N) is 2. The van der Waals surface area contributed by atoms with Crippen LogP contribution in [0.5, 0.6) is 0 Å². The van der Waals surface area contributed by atoms with Crippen LogP contribution in [0.3, 0.4) is 0 Å². The van der Waals surface area contributed by atoms with Crippen LogP contribution in [0.25, 0.3) is 0 Å². The van der Waals surface area contributed by atoms with Crippen LogP contribution in [0.1, 0.15) is 12.5 Å². The average molecular weight is 257 g/mol. The largest absolute Gasteiger partial charge is 0.326 e. The SMILES string of the molecule is CCn1cc(CC(N)C2CSCCS2)cn1. The number of hydrogen-bond donors (Lipinski definition) is 1. The normalized spacial score (nSPS) is 23.2. The molecule has 2 heterocycles. The second kappa shape index (κ2) is 5.98. The van der Waals surface area contributed by atoms with Crippen molar-refractivity contribution in [2.75, 3.05) is 17.3 Å². The summed E-state index contributed by atoms with van der Waals surface area (Å²) < 4.78 is 1.96. The standard InChI is InChI=1S/C11H19N3S2/c1-2-14-7-9(6-13-14)5-10(12)11-8-15-3-4-16-11/h6-7,10-11H,2-5,8,12H2,1H3. The van der Waals surface area contributed by atoms with Gasteiger partial charge in [0.25, 0.3) is 0 Å². The molecule has 1 aromatic rings. The molecule has 1 aliphatic rings. The molecule has 3 nitrogen and oxygen atoms in total. The number of nitrogens with two attached hydrogens (primary N) is 1. The summed E-state index contributed by atoms with van der Waals surface area (Å²) in [6.07, 6.45) is 5.02. The van der Waals surface area contributed by atoms with E-state index in [1.54, 1.807) is 0 Å². The fraction of sp³-hybridized carbons (Fsp3) is 0.727. The monoisotopic (exact) mass is 257 g/mol. The maximum Gasteiger partial charge on any atom is 0.0522 e. The van der Waals surface area contributed by atoms with Crippen molar-refractivity contribution in [3.8, 4) is 0 Å². The Morgan fingerprint density at radius 1 is 1.62 bits per heavy atom. The highest BCUT2D eigenvalue weighted by atomic mass is 32.2. The van der Waals surface area contributed by atoms with E-state index in [4.69, 9.17) is 5.73 Å². The predicted octanol–water partition coefficient (Wildman–Crippen LogP) is 1.62. The lowest BCUT2D eigenvalue weighted by molar-refractivity contribution is 0.650. The summed E-state index contributed by atoms with van der Waals surface area (Å²) in [7, 11) is 0. The molecule has 0 aliphatic carbocycles. The van der Waals surface area contributed by atoms with Crippen molar-refractivity contribution >= 4 is 23.5 Å². The van der Waals surface area contributed by atoms with E-state index in [0.717, 1.165) is 13.0 Å². The molecule has 0 amide bonds. The number of thioether (sulfide) groups is 2. The Balaban J connectivity index is 1.87. The molecule has 0 bridgehead atoms. The van der Waals surface area contributed by atoms with Crippen molar-refractivity contribution in [3.05, 3.63) is 18.0 Å². The molecule has 1 aliphatic heterocycles. The van der Waals surface area contributed by atoms with Crippen LogP contribution < -0.4 is 5.73 Å². The number of hydrogen-bond acceptors (Lipinski definition) is 4. The van der Waals surface area contributed by atoms with Gasteiger partial charge in [0.15, 0.2) is 0 Å². The van der Waals surface area contributed by atoms with Crippen LogP contribution in [-0.4, -0.2) is 38.3 Å². The van der Waals surface area contributed by atoms with E-state index in [9.17, 15) is 0 Å². The van der Waals surface area contributed by atoms with E-state index in [1.807, 2.05) is 34.4 Å². The zero-order valence-electron chi connectivity index (χ0n) is 9.63. The van der Waals surface area contributed by atoms with Crippen LogP contribution in [0.4, 0.5) is 0 Å². The fourth-order valence-corrected chi connectivity index (χ4v) is 4.66. The Morgan fingerprint density at radius 3 is 3.12 bits per heavy atom. The van der Waals surface area contributed by atoms with Gasteiger partial charge >= 0.3 is 0 Å². The Kier molecular flexibility index (Phi) is 4.61. The van der Waals surface area contributed by atoms with Gasteiger partial charge in [-0.15, -0.1) is 0 Å². The summed E-state index contributed by atoms with van der Waals surface area (Å²) in [6.45, 7) is 3.04. The first-order valence-electron chi connectivity index (χ1n) is 5.76. The van der Waals surface area contributed by atoms with Gasteiger partial charge in [-0.25, -0.2) is 0 Å². The summed E-state index contributed by atoms with van der Waals surface area (Å²) in [5, 5.41) is 4.90. The zero-order chi connectivity index (χ0) is 11.4. The Morgan fingerprint density at radius 2 is 2.50 bits per heavy atom. The molecule has 2 N–H and O–H groups in total. The van der Waals surface area contributed by atoms with Gasteiger partial charge in [0.05, 0.1) is 6.20 Å². The highest BCUT2D eigenvalue weighted by Crippen LogP contribution is 2.26. The Bertz CT molecular complexity index is 321. The van der Waals surface area contributed by atoms with Crippen LogP contribution in [0.2, 0.25) is 0 Å². The molecular weight excluding hydrogens is 238 g/mol. The van der Waals surface area contributed by atoms with E-state index in [-0.39, 0.29) is 6.04 Å².